The number of esters is 2. The molecule has 4 aliphatic heterocycles. The summed E-state index contributed by atoms with van der Waals surface area (Å²) in [5, 5.41) is 26.3. The number of amides is 2. The summed E-state index contributed by atoms with van der Waals surface area (Å²) in [6.07, 6.45) is -4.82. The minimum atomic E-state index is -4.84. The van der Waals surface area contributed by atoms with E-state index in [0.717, 1.165) is 60.3 Å². The van der Waals surface area contributed by atoms with Gasteiger partial charge in [-0.05, 0) is 126 Å². The topological polar surface area (TPSA) is 353 Å². The second kappa shape index (κ2) is 45.9. The van der Waals surface area contributed by atoms with Crippen LogP contribution < -0.4 is 60.6 Å². The van der Waals surface area contributed by atoms with E-state index in [1.54, 1.807) is 0 Å². The first-order valence-corrected chi connectivity index (χ1v) is 41.8. The standard InChI is InChI=1S/C31H30ClF4N5O5.C30H28ClF4N5O5.C12H13ClFNO3.C8H5BrClFO2.C5H11NO.Li.H2O/c1-16-11-21(31(34,35)36)25(29(43)39(16)3)20-6-5-18(41-8-7-37-27(20)41)14-24(30(44)45-4)38-28(42)26-22(32)12-19(13-23(26)33)40-9-10-46-15-17(40)2;1-15-10-20(30(33,34)35)24(28(42)38(15)3)19-5-4-17(40-7-6-36-26(19)40)13-23(29(43)44)37-27(41)25-21(31)11-18(12-22(25)32)39-8-9-45-14-16(39)2;1-7-6-18-3-2-15(7)8-4-9(13)11(12(16)17)10(14)5-8;1-13-8(12)7-5(10)2-4(9)3-6(7)11;1-5-4-7-3-2-6-5;;/h5-8,11-13,17,24H,9-10,14-15H2,1-4H3,(H,38,42);4-7,10-12,16,23H,8-9,13-14H2,1-3H3,(H,37,41)(H,43,44);4-5,7H,2-3,6H2,1H3,(H,16,17);2-3H,1H3;5-6H,2-4H2,1H3;;1H2/q;;;;;+1;/p-1/t17-,24-;16-,23-;7-;;5-;;/m000.0../s1. The van der Waals surface area contributed by atoms with Gasteiger partial charge in [-0.3, -0.25) is 19.2 Å². The molecule has 0 aliphatic carbocycles. The number of pyridine rings is 4. The molecule has 4 saturated heterocycles. The second-order valence-electron chi connectivity index (χ2n) is 30.1. The zero-order valence-electron chi connectivity index (χ0n) is 72.0. The number of fused-ring (bicyclic) bond motifs is 2. The van der Waals surface area contributed by atoms with Crippen LogP contribution in [-0.4, -0.2) is 209 Å². The van der Waals surface area contributed by atoms with Gasteiger partial charge in [0.2, 0.25) is 0 Å². The summed E-state index contributed by atoms with van der Waals surface area (Å²) in [6.45, 7) is 17.9. The van der Waals surface area contributed by atoms with Crippen LogP contribution in [0.15, 0.2) is 124 Å². The molecule has 4 aromatic carbocycles. The van der Waals surface area contributed by atoms with E-state index in [0.29, 0.717) is 92.5 Å². The Morgan fingerprint density at radius 2 is 0.916 bits per heavy atom. The Kier molecular flexibility index (Phi) is 37.1. The first kappa shape index (κ1) is 106. The van der Waals surface area contributed by atoms with E-state index < -0.39 is 133 Å². The minimum absolute atomic E-state index is 0. The van der Waals surface area contributed by atoms with Crippen molar-refractivity contribution in [2.75, 3.05) is 108 Å². The second-order valence-corrected chi connectivity index (χ2v) is 32.6. The van der Waals surface area contributed by atoms with Gasteiger partial charge in [0, 0.05) is 158 Å². The Hall–Kier alpha value is -10.3. The van der Waals surface area contributed by atoms with E-state index in [1.807, 2.05) is 35.5 Å². The average Bonchev–Trinajstić information content (AvgIpc) is 1.74. The normalized spacial score (nSPS) is 16.7. The number of benzene rings is 4. The Balaban J connectivity index is 0.000000229. The summed E-state index contributed by atoms with van der Waals surface area (Å²) >= 11 is 27.2. The maximum Gasteiger partial charge on any atom is 1.00 e. The third kappa shape index (κ3) is 25.2. The number of carboxylic acids is 2. The predicted molar refractivity (Wildman–Crippen MR) is 466 cm³/mol. The molecule has 0 spiro atoms. The van der Waals surface area contributed by atoms with E-state index in [-0.39, 0.29) is 120 Å². The van der Waals surface area contributed by atoms with E-state index in [2.05, 4.69) is 53.5 Å². The molecule has 0 radical (unpaired) electrons. The van der Waals surface area contributed by atoms with Crippen LogP contribution in [-0.2, 0) is 77.3 Å². The zero-order chi connectivity index (χ0) is 94.7. The van der Waals surface area contributed by atoms with Crippen LogP contribution >= 0.6 is 62.3 Å². The number of alkyl halides is 6. The molecule has 14 rings (SSSR count). The number of carbonyl (C=O) groups is 6. The van der Waals surface area contributed by atoms with Gasteiger partial charge < -0.3 is 92.7 Å². The smallest absolute Gasteiger partial charge is 0.870 e. The Bertz CT molecular complexity index is 5920. The minimum Gasteiger partial charge on any atom is -0.870 e. The maximum absolute atomic E-state index is 15.3. The van der Waals surface area contributed by atoms with Crippen LogP contribution in [0.4, 0.5) is 61.0 Å². The van der Waals surface area contributed by atoms with Gasteiger partial charge in [-0.1, -0.05) is 62.3 Å². The van der Waals surface area contributed by atoms with Crippen LogP contribution in [0.2, 0.25) is 20.1 Å². The molecule has 0 bridgehead atoms. The average molecular weight is 1980 g/mol. The van der Waals surface area contributed by atoms with Gasteiger partial charge >= 0.3 is 55.1 Å². The van der Waals surface area contributed by atoms with Gasteiger partial charge in [-0.15, -0.1) is 0 Å². The molecule has 29 nitrogen and oxygen atoms in total. The van der Waals surface area contributed by atoms with Gasteiger partial charge in [0.1, 0.15) is 57.8 Å². The number of aliphatic carboxylic acids is 1. The number of carbonyl (C=O) groups excluding carboxylic acids is 4. The van der Waals surface area contributed by atoms with Crippen molar-refractivity contribution in [3.63, 3.8) is 0 Å². The number of nitrogens with zero attached hydrogens (tertiary/aromatic N) is 9. The summed E-state index contributed by atoms with van der Waals surface area (Å²) < 4.78 is 178. The largest absolute Gasteiger partial charge is 1.00 e. The number of aryl methyl sites for hydroxylation is 2. The molecular formula is C86H88BrCl4F10LiN12O17. The Morgan fingerprint density at radius 3 is 1.24 bits per heavy atom. The number of methoxy groups -OCH3 is 2. The number of carboxylic acid groups (broad SMARTS) is 2. The maximum atomic E-state index is 15.3. The molecule has 45 heteroatoms. The van der Waals surface area contributed by atoms with Crippen LogP contribution in [0.1, 0.15) is 103 Å². The van der Waals surface area contributed by atoms with Crippen molar-refractivity contribution in [3.05, 3.63) is 234 Å². The van der Waals surface area contributed by atoms with Crippen molar-refractivity contribution >= 4 is 126 Å². The molecular weight excluding hydrogens is 1890 g/mol. The number of nitrogens with one attached hydrogen (secondary N) is 3. The van der Waals surface area contributed by atoms with Crippen LogP contribution in [0, 0.1) is 37.1 Å². The molecule has 0 unspecified atom stereocenters. The molecule has 0 saturated carbocycles. The van der Waals surface area contributed by atoms with Crippen LogP contribution in [0.5, 0.6) is 0 Å². The molecule has 4 aliphatic rings. The quantitative estimate of drug-likeness (QED) is 0.0321. The van der Waals surface area contributed by atoms with Crippen molar-refractivity contribution in [2.45, 2.75) is 103 Å². The van der Waals surface area contributed by atoms with Gasteiger partial charge in [0.15, 0.2) is 0 Å². The zero-order valence-corrected chi connectivity index (χ0v) is 76.6. The Morgan fingerprint density at radius 1 is 0.542 bits per heavy atom. The number of anilines is 3. The van der Waals surface area contributed by atoms with E-state index in [1.165, 1.54) is 129 Å². The molecule has 6 N–H and O–H groups in total. The fourth-order valence-electron chi connectivity index (χ4n) is 14.6. The SMILES string of the molecule is COC(=O)[C@H](Cc1ccc(-c2c(C(F)(F)F)cc(C)n(C)c2=O)c2nccn12)NC(=O)c1c(F)cc(N2CCOC[C@@H]2C)cc1Cl.COC(=O)c1c(F)cc(Br)cc1Cl.C[C@H]1COCCN1.C[C@H]1COCCN1c1cc(F)c(C(=O)O)c(Cl)c1.Cc1cc(C(F)(F)F)c(-c2ccc(C[C@H](NC(=O)c3c(F)cc(N4CCOC[C@@H]4C)cc3Cl)C(=O)O)n3ccnc23)c(=O)n1C.[Li+].[OH-]. The molecule has 4 fully saturated rings. The molecule has 700 valence electrons. The number of aromatic carboxylic acids is 1. The van der Waals surface area contributed by atoms with Crippen LogP contribution in [0.3, 0.4) is 0 Å². The molecule has 131 heavy (non-hydrogen) atoms. The van der Waals surface area contributed by atoms with E-state index in [9.17, 15) is 78.6 Å². The number of halogens is 15. The summed E-state index contributed by atoms with van der Waals surface area (Å²) in [7, 11) is 4.99. The molecule has 10 heterocycles. The molecule has 2 amide bonds. The fourth-order valence-corrected chi connectivity index (χ4v) is 16.3. The number of hydrogen-bond donors (Lipinski definition) is 5. The van der Waals surface area contributed by atoms with Crippen LogP contribution in [0.25, 0.3) is 33.5 Å². The monoisotopic (exact) mass is 1980 g/mol. The van der Waals surface area contributed by atoms with E-state index in [4.69, 9.17) is 75.2 Å². The first-order valence-electron chi connectivity index (χ1n) is 39.5. The number of rotatable bonds is 17. The summed E-state index contributed by atoms with van der Waals surface area (Å²) in [5.41, 5.74) is -4.85. The summed E-state index contributed by atoms with van der Waals surface area (Å²) in [4.78, 5) is 114. The molecule has 10 aromatic rings. The number of morpholine rings is 4. The summed E-state index contributed by atoms with van der Waals surface area (Å²) in [5.74, 6) is -9.87. The third-order valence-corrected chi connectivity index (χ3v) is 23.0. The van der Waals surface area contributed by atoms with Crippen molar-refractivity contribution in [1.82, 2.24) is 43.9 Å². The van der Waals surface area contributed by atoms with Gasteiger partial charge in [-0.25, -0.2) is 46.7 Å². The van der Waals surface area contributed by atoms with Crippen molar-refractivity contribution in [3.8, 4) is 22.3 Å². The molecule has 6 aromatic heterocycles. The number of aromatic nitrogens is 6. The fraction of sp³-hybridized carbons (Fsp3) is 0.372. The van der Waals surface area contributed by atoms with Crippen molar-refractivity contribution in [2.24, 2.45) is 14.1 Å². The third-order valence-electron chi connectivity index (χ3n) is 21.3. The van der Waals surface area contributed by atoms with Crippen molar-refractivity contribution < 1.29 is 136 Å². The van der Waals surface area contributed by atoms with Gasteiger partial charge in [0.25, 0.3) is 22.9 Å². The molecule has 6 atom stereocenters. The van der Waals surface area contributed by atoms with Crippen molar-refractivity contribution in [1.29, 1.82) is 0 Å². The Labute approximate surface area is 782 Å². The number of imidazole rings is 2. The summed E-state index contributed by atoms with van der Waals surface area (Å²) in [6, 6.07) is 15.2. The van der Waals surface area contributed by atoms with Gasteiger partial charge in [0.05, 0.1) is 121 Å². The predicted octanol–water partition coefficient (Wildman–Crippen LogP) is 11.3. The number of ether oxygens (including phenoxy) is 6. The van der Waals surface area contributed by atoms with E-state index >= 15 is 8.78 Å². The first-order chi connectivity index (χ1) is 60.9. The number of hydrogen-bond acceptors (Lipinski definition) is 21. The van der Waals surface area contributed by atoms with Gasteiger partial charge in [-0.2, -0.15) is 26.3 Å².